The summed E-state index contributed by atoms with van der Waals surface area (Å²) in [6.07, 6.45) is 5.48. The van der Waals surface area contributed by atoms with Crippen LogP contribution in [0.1, 0.15) is 44.0 Å². The lowest BCUT2D eigenvalue weighted by molar-refractivity contribution is 0.0196. The molecule has 0 aliphatic carbocycles. The first-order valence-corrected chi connectivity index (χ1v) is 13.7. The van der Waals surface area contributed by atoms with Crippen LogP contribution in [-0.4, -0.2) is 56.6 Å². The summed E-state index contributed by atoms with van der Waals surface area (Å²) in [5.74, 6) is -0.629. The van der Waals surface area contributed by atoms with Crippen molar-refractivity contribution in [1.82, 2.24) is 19.9 Å². The lowest BCUT2D eigenvalue weighted by Crippen LogP contribution is -2.53. The highest BCUT2D eigenvalue weighted by Crippen LogP contribution is 2.32. The molecule has 0 saturated carbocycles. The molecule has 1 aliphatic heterocycles. The molecule has 1 atom stereocenters. The lowest BCUT2D eigenvalue weighted by Gasteiger charge is -2.39. The Morgan fingerprint density at radius 1 is 1.07 bits per heavy atom. The number of halogens is 2. The molecule has 2 aromatic carbocycles. The quantitative estimate of drug-likeness (QED) is 0.285. The molecule has 11 heteroatoms. The minimum Gasteiger partial charge on any atom is -0.444 e. The van der Waals surface area contributed by atoms with Crippen molar-refractivity contribution in [1.29, 1.82) is 0 Å². The van der Waals surface area contributed by atoms with Gasteiger partial charge in [0.15, 0.2) is 0 Å². The molecular weight excluding hydrogens is 547 g/mol. The number of aromatic nitrogens is 3. The highest BCUT2D eigenvalue weighted by atomic mass is 35.5. The molecule has 0 spiro atoms. The summed E-state index contributed by atoms with van der Waals surface area (Å²) < 4.78 is 21.2. The molecule has 5 rings (SSSR count). The van der Waals surface area contributed by atoms with Crippen molar-refractivity contribution in [3.05, 3.63) is 83.5 Å². The van der Waals surface area contributed by atoms with E-state index >= 15 is 4.39 Å². The maximum absolute atomic E-state index is 15.6. The zero-order valence-corrected chi connectivity index (χ0v) is 23.7. The number of nitrogens with one attached hydrogen (secondary N) is 1. The Morgan fingerprint density at radius 3 is 2.59 bits per heavy atom. The Kier molecular flexibility index (Phi) is 8.03. The van der Waals surface area contributed by atoms with Crippen molar-refractivity contribution in [2.75, 3.05) is 23.3 Å². The first kappa shape index (κ1) is 28.2. The van der Waals surface area contributed by atoms with E-state index in [-0.39, 0.29) is 12.1 Å². The summed E-state index contributed by atoms with van der Waals surface area (Å²) in [4.78, 5) is 43.0. The van der Waals surface area contributed by atoms with E-state index < -0.39 is 29.5 Å². The number of ether oxygens (including phenoxy) is 1. The molecular formula is C30H30ClFN6O3. The van der Waals surface area contributed by atoms with Gasteiger partial charge in [0.1, 0.15) is 17.2 Å². The van der Waals surface area contributed by atoms with E-state index in [1.807, 2.05) is 0 Å². The van der Waals surface area contributed by atoms with Crippen molar-refractivity contribution in [3.63, 3.8) is 0 Å². The van der Waals surface area contributed by atoms with Crippen LogP contribution < -0.4 is 10.2 Å². The molecule has 2 aromatic heterocycles. The second-order valence-electron chi connectivity index (χ2n) is 10.8. The van der Waals surface area contributed by atoms with Gasteiger partial charge >= 0.3 is 6.09 Å². The molecule has 3 heterocycles. The number of piperidine rings is 1. The fourth-order valence-electron chi connectivity index (χ4n) is 4.81. The third-order valence-electron chi connectivity index (χ3n) is 6.59. The van der Waals surface area contributed by atoms with Crippen LogP contribution in [0.5, 0.6) is 0 Å². The average Bonchev–Trinajstić information content (AvgIpc) is 2.93. The number of likely N-dealkylation sites (tertiary alicyclic amines) is 1. The van der Waals surface area contributed by atoms with Gasteiger partial charge in [-0.2, -0.15) is 0 Å². The van der Waals surface area contributed by atoms with Crippen LogP contribution >= 0.6 is 11.6 Å². The Morgan fingerprint density at radius 2 is 1.85 bits per heavy atom. The van der Waals surface area contributed by atoms with E-state index in [4.69, 9.17) is 16.3 Å². The van der Waals surface area contributed by atoms with Crippen molar-refractivity contribution in [2.24, 2.45) is 0 Å². The second kappa shape index (κ2) is 11.7. The third-order valence-corrected chi connectivity index (χ3v) is 6.82. The molecule has 9 nitrogen and oxygen atoms in total. The number of fused-ring (bicyclic) bond motifs is 1. The van der Waals surface area contributed by atoms with Gasteiger partial charge in [0, 0.05) is 47.8 Å². The minimum absolute atomic E-state index is 0.133. The van der Waals surface area contributed by atoms with Gasteiger partial charge in [-0.05, 0) is 87.5 Å². The van der Waals surface area contributed by atoms with E-state index in [1.165, 1.54) is 17.0 Å². The number of anilines is 3. The predicted octanol–water partition coefficient (Wildman–Crippen LogP) is 6.61. The van der Waals surface area contributed by atoms with Gasteiger partial charge < -0.3 is 15.0 Å². The van der Waals surface area contributed by atoms with Crippen LogP contribution in [0, 0.1) is 5.82 Å². The minimum atomic E-state index is -0.718. The number of amides is 2. The van der Waals surface area contributed by atoms with Gasteiger partial charge in [-0.1, -0.05) is 11.6 Å². The molecule has 1 N–H and O–H groups in total. The maximum Gasteiger partial charge on any atom is 0.410 e. The number of carbonyl (C=O) groups is 2. The van der Waals surface area contributed by atoms with Gasteiger partial charge in [-0.3, -0.25) is 9.69 Å². The van der Waals surface area contributed by atoms with E-state index in [0.29, 0.717) is 47.2 Å². The topological polar surface area (TPSA) is 101 Å². The number of nitrogens with zero attached hydrogens (tertiary/aromatic N) is 5. The summed E-state index contributed by atoms with van der Waals surface area (Å²) in [5.41, 5.74) is -0.408. The lowest BCUT2D eigenvalue weighted by atomic mass is 10.0. The molecule has 1 saturated heterocycles. The molecule has 1 aliphatic rings. The fraction of sp³-hybridized carbons (Fsp3) is 0.300. The SMILES string of the molecule is CC(C)(C)OC(=O)N1CCC[C@@H](N(C(=O)c2ccc(Nc3ncccn3)cc2F)c2nccc3cc(Cl)ccc23)C1. The molecule has 0 unspecified atom stereocenters. The normalized spacial score (nSPS) is 15.4. The first-order chi connectivity index (χ1) is 19.6. The Labute approximate surface area is 242 Å². The molecule has 4 aromatic rings. The van der Waals surface area contributed by atoms with Crippen LogP contribution in [0.4, 0.5) is 26.6 Å². The van der Waals surface area contributed by atoms with E-state index in [0.717, 1.165) is 5.39 Å². The first-order valence-electron chi connectivity index (χ1n) is 13.3. The van der Waals surface area contributed by atoms with Crippen LogP contribution in [0.15, 0.2) is 67.1 Å². The van der Waals surface area contributed by atoms with E-state index in [2.05, 4.69) is 20.3 Å². The molecule has 2 amide bonds. The van der Waals surface area contributed by atoms with Crippen molar-refractivity contribution in [2.45, 2.75) is 45.3 Å². The van der Waals surface area contributed by atoms with E-state index in [1.54, 1.807) is 80.7 Å². The maximum atomic E-state index is 15.6. The van der Waals surface area contributed by atoms with Crippen LogP contribution in [0.3, 0.4) is 0 Å². The largest absolute Gasteiger partial charge is 0.444 e. The zero-order chi connectivity index (χ0) is 29.1. The average molecular weight is 577 g/mol. The molecule has 0 radical (unpaired) electrons. The van der Waals surface area contributed by atoms with Gasteiger partial charge in [0.05, 0.1) is 11.6 Å². The third kappa shape index (κ3) is 6.54. The Hall–Kier alpha value is -4.31. The molecule has 41 heavy (non-hydrogen) atoms. The number of rotatable bonds is 5. The van der Waals surface area contributed by atoms with Crippen LogP contribution in [0.25, 0.3) is 10.8 Å². The summed E-state index contributed by atoms with van der Waals surface area (Å²) >= 11 is 6.23. The number of carbonyl (C=O) groups excluding carboxylic acids is 2. The highest BCUT2D eigenvalue weighted by Gasteiger charge is 2.36. The number of hydrogen-bond acceptors (Lipinski definition) is 7. The summed E-state index contributed by atoms with van der Waals surface area (Å²) in [5, 5.41) is 4.93. The number of pyridine rings is 1. The summed E-state index contributed by atoms with van der Waals surface area (Å²) in [6, 6.07) is 12.5. The molecule has 0 bridgehead atoms. The number of benzene rings is 2. The van der Waals surface area contributed by atoms with Gasteiger partial charge in [-0.25, -0.2) is 24.1 Å². The second-order valence-corrected chi connectivity index (χ2v) is 11.2. The standard InChI is InChI=1S/C30H30ClFN6O3/c1-30(2,3)41-29(40)37-15-4-6-22(18-37)38(26-23-9-7-20(31)16-19(23)11-14-33-26)27(39)24-10-8-21(17-25(24)32)36-28-34-12-5-13-35-28/h5,7-14,16-17,22H,4,6,15,18H2,1-3H3,(H,34,35,36)/t22-/m1/s1. The predicted molar refractivity (Wildman–Crippen MR) is 156 cm³/mol. The summed E-state index contributed by atoms with van der Waals surface area (Å²) in [6.45, 7) is 6.11. The highest BCUT2D eigenvalue weighted by molar-refractivity contribution is 6.31. The van der Waals surface area contributed by atoms with Crippen LogP contribution in [-0.2, 0) is 4.74 Å². The van der Waals surface area contributed by atoms with E-state index in [9.17, 15) is 9.59 Å². The smallest absolute Gasteiger partial charge is 0.410 e. The van der Waals surface area contributed by atoms with Crippen molar-refractivity contribution in [3.8, 4) is 0 Å². The molecule has 212 valence electrons. The van der Waals surface area contributed by atoms with Crippen molar-refractivity contribution >= 4 is 51.8 Å². The van der Waals surface area contributed by atoms with Gasteiger partial charge in [0.2, 0.25) is 5.95 Å². The van der Waals surface area contributed by atoms with Gasteiger partial charge in [0.25, 0.3) is 5.91 Å². The molecule has 1 fully saturated rings. The monoisotopic (exact) mass is 576 g/mol. The zero-order valence-electron chi connectivity index (χ0n) is 23.0. The summed E-state index contributed by atoms with van der Waals surface area (Å²) in [7, 11) is 0. The Bertz CT molecular complexity index is 1580. The number of hydrogen-bond donors (Lipinski definition) is 1. The van der Waals surface area contributed by atoms with Gasteiger partial charge in [-0.15, -0.1) is 0 Å². The van der Waals surface area contributed by atoms with Crippen LogP contribution in [0.2, 0.25) is 5.02 Å². The van der Waals surface area contributed by atoms with Crippen molar-refractivity contribution < 1.29 is 18.7 Å². The Balaban J connectivity index is 1.52. The fourth-order valence-corrected chi connectivity index (χ4v) is 4.99.